The van der Waals surface area contributed by atoms with Crippen molar-refractivity contribution in [2.75, 3.05) is 46.3 Å². The smallest absolute Gasteiger partial charge is 0.253 e. The number of likely N-dealkylation sites (tertiary alicyclic amines) is 1. The maximum absolute atomic E-state index is 12.6. The van der Waals surface area contributed by atoms with Gasteiger partial charge in [-0.2, -0.15) is 0 Å². The number of rotatable bonds is 4. The third-order valence-electron chi connectivity index (χ3n) is 5.82. The predicted octanol–water partition coefficient (Wildman–Crippen LogP) is 2.40. The molecule has 0 N–H and O–H groups in total. The lowest BCUT2D eigenvalue weighted by molar-refractivity contribution is -0.133. The van der Waals surface area contributed by atoms with Crippen LogP contribution in [0.5, 0.6) is 0 Å². The van der Waals surface area contributed by atoms with Crippen molar-refractivity contribution in [2.24, 2.45) is 5.92 Å². The molecule has 26 heavy (non-hydrogen) atoms. The third kappa shape index (κ3) is 4.85. The van der Waals surface area contributed by atoms with E-state index >= 15 is 0 Å². The van der Waals surface area contributed by atoms with Crippen LogP contribution >= 0.6 is 0 Å². The van der Waals surface area contributed by atoms with Gasteiger partial charge in [-0.1, -0.05) is 17.7 Å². The normalized spacial score (nSPS) is 19.6. The van der Waals surface area contributed by atoms with Gasteiger partial charge in [-0.25, -0.2) is 0 Å². The molecule has 3 rings (SSSR count). The van der Waals surface area contributed by atoms with Gasteiger partial charge in [0, 0.05) is 51.3 Å². The number of carbonyl (C=O) groups is 2. The molecular weight excluding hydrogens is 326 g/mol. The van der Waals surface area contributed by atoms with Gasteiger partial charge in [0.05, 0.1) is 0 Å². The van der Waals surface area contributed by atoms with Crippen molar-refractivity contribution in [3.8, 4) is 0 Å². The van der Waals surface area contributed by atoms with Gasteiger partial charge in [0.2, 0.25) is 5.91 Å². The maximum atomic E-state index is 12.6. The first-order valence-corrected chi connectivity index (χ1v) is 9.85. The molecule has 0 aromatic heterocycles. The summed E-state index contributed by atoms with van der Waals surface area (Å²) in [5.41, 5.74) is 1.95. The number of piperazine rings is 1. The number of aryl methyl sites for hydroxylation is 1. The second-order valence-corrected chi connectivity index (χ2v) is 7.82. The number of amides is 2. The molecule has 0 saturated carbocycles. The Labute approximate surface area is 156 Å². The highest BCUT2D eigenvalue weighted by atomic mass is 16.2. The number of hydrogen-bond acceptors (Lipinski definition) is 3. The quantitative estimate of drug-likeness (QED) is 0.831. The molecule has 0 aliphatic carbocycles. The monoisotopic (exact) mass is 357 g/mol. The van der Waals surface area contributed by atoms with Gasteiger partial charge < -0.3 is 14.7 Å². The Kier molecular flexibility index (Phi) is 6.30. The van der Waals surface area contributed by atoms with Crippen LogP contribution in [0.4, 0.5) is 0 Å². The van der Waals surface area contributed by atoms with E-state index in [4.69, 9.17) is 0 Å². The second kappa shape index (κ2) is 8.67. The van der Waals surface area contributed by atoms with Crippen LogP contribution in [0.15, 0.2) is 24.3 Å². The van der Waals surface area contributed by atoms with Gasteiger partial charge in [-0.05, 0) is 51.3 Å². The Bertz CT molecular complexity index is 613. The Hall–Kier alpha value is -1.88. The van der Waals surface area contributed by atoms with Gasteiger partial charge in [0.25, 0.3) is 5.91 Å². The lowest BCUT2D eigenvalue weighted by Gasteiger charge is -2.34. The summed E-state index contributed by atoms with van der Waals surface area (Å²) in [4.78, 5) is 31.2. The summed E-state index contributed by atoms with van der Waals surface area (Å²) in [6.45, 7) is 7.32. The molecule has 0 atom stereocenters. The standard InChI is InChI=1S/C21H31N3O2/c1-17-3-6-19(7-4-17)21(26)24-11-9-18(10-12-24)5-8-20(25)23-15-13-22(2)14-16-23/h3-4,6-7,18H,5,8-16H2,1-2H3. The van der Waals surface area contributed by atoms with Gasteiger partial charge in [0.15, 0.2) is 0 Å². The van der Waals surface area contributed by atoms with Crippen LogP contribution in [0.3, 0.4) is 0 Å². The Balaban J connectivity index is 1.40. The zero-order valence-electron chi connectivity index (χ0n) is 16.1. The molecule has 142 valence electrons. The summed E-state index contributed by atoms with van der Waals surface area (Å²) in [6, 6.07) is 7.81. The zero-order valence-corrected chi connectivity index (χ0v) is 16.1. The van der Waals surface area contributed by atoms with E-state index in [1.807, 2.05) is 41.0 Å². The number of nitrogens with zero attached hydrogens (tertiary/aromatic N) is 3. The first-order valence-electron chi connectivity index (χ1n) is 9.85. The van der Waals surface area contributed by atoms with Crippen molar-refractivity contribution in [1.82, 2.24) is 14.7 Å². The van der Waals surface area contributed by atoms with Crippen LogP contribution in [-0.2, 0) is 4.79 Å². The molecule has 0 radical (unpaired) electrons. The van der Waals surface area contributed by atoms with E-state index in [2.05, 4.69) is 11.9 Å². The summed E-state index contributed by atoms with van der Waals surface area (Å²) in [5, 5.41) is 0. The summed E-state index contributed by atoms with van der Waals surface area (Å²) < 4.78 is 0. The van der Waals surface area contributed by atoms with E-state index in [-0.39, 0.29) is 5.91 Å². The maximum Gasteiger partial charge on any atom is 0.253 e. The van der Waals surface area contributed by atoms with Gasteiger partial charge in [-0.3, -0.25) is 9.59 Å². The van der Waals surface area contributed by atoms with Crippen LogP contribution < -0.4 is 0 Å². The van der Waals surface area contributed by atoms with E-state index < -0.39 is 0 Å². The minimum Gasteiger partial charge on any atom is -0.340 e. The van der Waals surface area contributed by atoms with E-state index in [0.29, 0.717) is 18.2 Å². The van der Waals surface area contributed by atoms with Gasteiger partial charge in [-0.15, -0.1) is 0 Å². The minimum atomic E-state index is 0.136. The van der Waals surface area contributed by atoms with Crippen molar-refractivity contribution < 1.29 is 9.59 Å². The molecule has 2 heterocycles. The van der Waals surface area contributed by atoms with Crippen molar-refractivity contribution in [2.45, 2.75) is 32.6 Å². The molecule has 1 aromatic rings. The number of hydrogen-bond donors (Lipinski definition) is 0. The summed E-state index contributed by atoms with van der Waals surface area (Å²) in [6.07, 6.45) is 3.62. The average Bonchev–Trinajstić information content (AvgIpc) is 2.67. The number of likely N-dealkylation sites (N-methyl/N-ethyl adjacent to an activating group) is 1. The van der Waals surface area contributed by atoms with Crippen molar-refractivity contribution in [3.63, 3.8) is 0 Å². The van der Waals surface area contributed by atoms with Crippen LogP contribution in [-0.4, -0.2) is 72.8 Å². The molecular formula is C21H31N3O2. The van der Waals surface area contributed by atoms with E-state index in [0.717, 1.165) is 64.1 Å². The summed E-state index contributed by atoms with van der Waals surface area (Å²) in [5.74, 6) is 1.00. The van der Waals surface area contributed by atoms with Gasteiger partial charge >= 0.3 is 0 Å². The van der Waals surface area contributed by atoms with E-state index in [9.17, 15) is 9.59 Å². The molecule has 2 aliphatic heterocycles. The Morgan fingerprint density at radius 3 is 2.15 bits per heavy atom. The topological polar surface area (TPSA) is 43.9 Å². The fourth-order valence-corrected chi connectivity index (χ4v) is 3.85. The van der Waals surface area contributed by atoms with Crippen molar-refractivity contribution in [1.29, 1.82) is 0 Å². The fraction of sp³-hybridized carbons (Fsp3) is 0.619. The van der Waals surface area contributed by atoms with Gasteiger partial charge in [0.1, 0.15) is 0 Å². The predicted molar refractivity (Wildman–Crippen MR) is 103 cm³/mol. The van der Waals surface area contributed by atoms with Crippen molar-refractivity contribution >= 4 is 11.8 Å². The molecule has 0 unspecified atom stereocenters. The minimum absolute atomic E-state index is 0.136. The van der Waals surface area contributed by atoms with Crippen LogP contribution in [0.2, 0.25) is 0 Å². The molecule has 0 bridgehead atoms. The second-order valence-electron chi connectivity index (χ2n) is 7.82. The number of benzene rings is 1. The summed E-state index contributed by atoms with van der Waals surface area (Å²) in [7, 11) is 2.10. The average molecular weight is 357 g/mol. The first-order chi connectivity index (χ1) is 12.5. The first kappa shape index (κ1) is 18.9. The molecule has 1 aromatic carbocycles. The molecule has 2 amide bonds. The van der Waals surface area contributed by atoms with Crippen LogP contribution in [0.1, 0.15) is 41.6 Å². The molecule has 5 nitrogen and oxygen atoms in total. The molecule has 2 aliphatic rings. The van der Waals surface area contributed by atoms with Crippen molar-refractivity contribution in [3.05, 3.63) is 35.4 Å². The highest BCUT2D eigenvalue weighted by molar-refractivity contribution is 5.94. The number of piperidine rings is 1. The largest absolute Gasteiger partial charge is 0.340 e. The fourth-order valence-electron chi connectivity index (χ4n) is 3.85. The third-order valence-corrected chi connectivity index (χ3v) is 5.82. The van der Waals surface area contributed by atoms with E-state index in [1.165, 1.54) is 5.56 Å². The molecule has 5 heteroatoms. The van der Waals surface area contributed by atoms with E-state index in [1.54, 1.807) is 0 Å². The number of carbonyl (C=O) groups excluding carboxylic acids is 2. The summed E-state index contributed by atoms with van der Waals surface area (Å²) >= 11 is 0. The Morgan fingerprint density at radius 1 is 0.923 bits per heavy atom. The molecule has 2 saturated heterocycles. The zero-order chi connectivity index (χ0) is 18.5. The SMILES string of the molecule is Cc1ccc(C(=O)N2CCC(CCC(=O)N3CCN(C)CC3)CC2)cc1. The lowest BCUT2D eigenvalue weighted by atomic mass is 9.91. The highest BCUT2D eigenvalue weighted by Gasteiger charge is 2.25. The van der Waals surface area contributed by atoms with Crippen LogP contribution in [0, 0.1) is 12.8 Å². The van der Waals surface area contributed by atoms with Crippen LogP contribution in [0.25, 0.3) is 0 Å². The Morgan fingerprint density at radius 2 is 1.54 bits per heavy atom. The molecule has 2 fully saturated rings. The molecule has 0 spiro atoms. The highest BCUT2D eigenvalue weighted by Crippen LogP contribution is 2.23. The lowest BCUT2D eigenvalue weighted by Crippen LogP contribution is -2.47.